The minimum Gasteiger partial charge on any atom is -0.329 e. The normalized spacial score (nSPS) is 12.5. The van der Waals surface area contributed by atoms with Gasteiger partial charge in [-0.15, -0.1) is 12.4 Å². The van der Waals surface area contributed by atoms with Gasteiger partial charge in [-0.05, 0) is 18.6 Å². The summed E-state index contributed by atoms with van der Waals surface area (Å²) in [6.07, 6.45) is 2.28. The molecule has 0 aliphatic carbocycles. The highest BCUT2D eigenvalue weighted by Crippen LogP contribution is 2.27. The van der Waals surface area contributed by atoms with Crippen LogP contribution in [0.15, 0.2) is 23.1 Å². The van der Waals surface area contributed by atoms with Crippen LogP contribution in [0, 0.1) is 10.1 Å². The van der Waals surface area contributed by atoms with E-state index in [9.17, 15) is 18.5 Å². The first kappa shape index (κ1) is 21.1. The number of sulfonamides is 1. The number of hydrogen-bond donors (Lipinski definition) is 2. The fourth-order valence-corrected chi connectivity index (χ4v) is 3.53. The largest absolute Gasteiger partial charge is 0.329 e. The summed E-state index contributed by atoms with van der Waals surface area (Å²) in [5.41, 5.74) is 5.02. The quantitative estimate of drug-likeness (QED) is 0.537. The van der Waals surface area contributed by atoms with Crippen molar-refractivity contribution in [3.63, 3.8) is 0 Å². The van der Waals surface area contributed by atoms with Gasteiger partial charge in [0.15, 0.2) is 4.90 Å². The summed E-state index contributed by atoms with van der Waals surface area (Å²) in [6.45, 7) is 2.09. The number of rotatable bonds is 8. The highest BCUT2D eigenvalue weighted by Gasteiger charge is 2.28. The lowest BCUT2D eigenvalue weighted by Crippen LogP contribution is -2.40. The maximum Gasteiger partial charge on any atom is 0.289 e. The van der Waals surface area contributed by atoms with Gasteiger partial charge in [0, 0.05) is 23.7 Å². The molecule has 7 nitrogen and oxygen atoms in total. The number of unbranched alkanes of at least 4 members (excludes halogenated alkanes) is 1. The second kappa shape index (κ2) is 9.26. The van der Waals surface area contributed by atoms with Gasteiger partial charge < -0.3 is 5.73 Å². The SMILES string of the molecule is CCCCC(CN)NS(=O)(=O)c1cc(Cl)ccc1[N+](=O)[O-].Cl. The Labute approximate surface area is 140 Å². The van der Waals surface area contributed by atoms with E-state index in [1.165, 1.54) is 6.07 Å². The van der Waals surface area contributed by atoms with Gasteiger partial charge in [-0.2, -0.15) is 0 Å². The molecule has 1 rings (SSSR count). The molecule has 0 saturated heterocycles. The van der Waals surface area contributed by atoms with E-state index in [1.54, 1.807) is 0 Å². The molecule has 10 heteroatoms. The Bertz CT molecular complexity index is 610. The molecule has 1 atom stereocenters. The smallest absolute Gasteiger partial charge is 0.289 e. The van der Waals surface area contributed by atoms with E-state index in [2.05, 4.69) is 4.72 Å². The standard InChI is InChI=1S/C12H18ClN3O4S.ClH/c1-2-3-4-10(8-14)15-21(19,20)12-7-9(13)5-6-11(12)16(17)18;/h5-7,10,15H,2-4,8,14H2,1H3;1H. The van der Waals surface area contributed by atoms with Crippen LogP contribution < -0.4 is 10.5 Å². The molecule has 0 aliphatic heterocycles. The third-order valence-electron chi connectivity index (χ3n) is 2.92. The Morgan fingerprint density at radius 2 is 2.09 bits per heavy atom. The zero-order valence-corrected chi connectivity index (χ0v) is 14.4. The molecule has 0 saturated carbocycles. The van der Waals surface area contributed by atoms with Crippen LogP contribution in [-0.4, -0.2) is 25.9 Å². The first-order valence-electron chi connectivity index (χ1n) is 6.48. The lowest BCUT2D eigenvalue weighted by Gasteiger charge is -2.16. The molecular formula is C12H19Cl2N3O4S. The van der Waals surface area contributed by atoms with Gasteiger partial charge in [-0.25, -0.2) is 13.1 Å². The van der Waals surface area contributed by atoms with Gasteiger partial charge in [-0.1, -0.05) is 31.4 Å². The molecule has 1 aromatic rings. The van der Waals surface area contributed by atoms with E-state index in [1.807, 2.05) is 6.92 Å². The number of nitro groups is 1. The number of nitrogens with one attached hydrogen (secondary N) is 1. The van der Waals surface area contributed by atoms with Crippen LogP contribution in [0.4, 0.5) is 5.69 Å². The van der Waals surface area contributed by atoms with Crippen molar-refractivity contribution < 1.29 is 13.3 Å². The van der Waals surface area contributed by atoms with E-state index in [-0.39, 0.29) is 24.0 Å². The maximum absolute atomic E-state index is 12.3. The molecule has 0 bridgehead atoms. The van der Waals surface area contributed by atoms with Crippen molar-refractivity contribution >= 4 is 39.7 Å². The molecule has 0 heterocycles. The second-order valence-corrected chi connectivity index (χ2v) is 6.68. The number of nitrogens with zero attached hydrogens (tertiary/aromatic N) is 1. The third kappa shape index (κ3) is 5.69. The van der Waals surface area contributed by atoms with Crippen molar-refractivity contribution in [2.24, 2.45) is 5.73 Å². The Kier molecular flexibility index (Phi) is 8.87. The molecule has 3 N–H and O–H groups in total. The van der Waals surface area contributed by atoms with Crippen molar-refractivity contribution in [2.45, 2.75) is 37.1 Å². The third-order valence-corrected chi connectivity index (χ3v) is 4.71. The Hall–Kier alpha value is -0.930. The summed E-state index contributed by atoms with van der Waals surface area (Å²) in [5.74, 6) is 0. The molecule has 0 spiro atoms. The molecule has 1 unspecified atom stereocenters. The van der Waals surface area contributed by atoms with Crippen LogP contribution in [0.3, 0.4) is 0 Å². The van der Waals surface area contributed by atoms with E-state index in [0.717, 1.165) is 25.0 Å². The van der Waals surface area contributed by atoms with Crippen molar-refractivity contribution in [1.82, 2.24) is 4.72 Å². The highest BCUT2D eigenvalue weighted by atomic mass is 35.5. The van der Waals surface area contributed by atoms with Crippen LogP contribution in [0.5, 0.6) is 0 Å². The van der Waals surface area contributed by atoms with E-state index in [0.29, 0.717) is 6.42 Å². The molecule has 0 aromatic heterocycles. The summed E-state index contributed by atoms with van der Waals surface area (Å²) in [7, 11) is -4.06. The minimum atomic E-state index is -4.06. The van der Waals surface area contributed by atoms with Crippen LogP contribution in [-0.2, 0) is 10.0 Å². The number of halogens is 2. The number of nitro benzene ring substituents is 1. The van der Waals surface area contributed by atoms with Gasteiger partial charge in [-0.3, -0.25) is 10.1 Å². The van der Waals surface area contributed by atoms with E-state index >= 15 is 0 Å². The van der Waals surface area contributed by atoms with Gasteiger partial charge in [0.2, 0.25) is 10.0 Å². The number of nitrogens with two attached hydrogens (primary N) is 1. The average Bonchev–Trinajstić information content (AvgIpc) is 2.42. The fourth-order valence-electron chi connectivity index (χ4n) is 1.81. The van der Waals surface area contributed by atoms with Crippen molar-refractivity contribution in [3.05, 3.63) is 33.3 Å². The number of hydrogen-bond acceptors (Lipinski definition) is 5. The van der Waals surface area contributed by atoms with Crippen LogP contribution in [0.1, 0.15) is 26.2 Å². The van der Waals surface area contributed by atoms with Gasteiger partial charge >= 0.3 is 0 Å². The summed E-state index contributed by atoms with van der Waals surface area (Å²) in [5, 5.41) is 11.1. The lowest BCUT2D eigenvalue weighted by atomic mass is 10.1. The fraction of sp³-hybridized carbons (Fsp3) is 0.500. The maximum atomic E-state index is 12.3. The Morgan fingerprint density at radius 3 is 2.59 bits per heavy atom. The van der Waals surface area contributed by atoms with E-state index in [4.69, 9.17) is 17.3 Å². The molecule has 126 valence electrons. The molecule has 1 aromatic carbocycles. The summed E-state index contributed by atoms with van der Waals surface area (Å²) in [4.78, 5) is 9.75. The van der Waals surface area contributed by atoms with Crippen molar-refractivity contribution in [3.8, 4) is 0 Å². The lowest BCUT2D eigenvalue weighted by molar-refractivity contribution is -0.387. The zero-order valence-electron chi connectivity index (χ0n) is 12.0. The van der Waals surface area contributed by atoms with E-state index < -0.39 is 31.6 Å². The predicted octanol–water partition coefficient (Wildman–Crippen LogP) is 2.47. The molecule has 0 fully saturated rings. The summed E-state index contributed by atoms with van der Waals surface area (Å²) in [6, 6.07) is 2.94. The number of benzene rings is 1. The first-order valence-corrected chi connectivity index (χ1v) is 8.34. The first-order chi connectivity index (χ1) is 9.81. The predicted molar refractivity (Wildman–Crippen MR) is 88.0 cm³/mol. The molecule has 0 amide bonds. The molecule has 0 radical (unpaired) electrons. The Morgan fingerprint density at radius 1 is 1.45 bits per heavy atom. The molecule has 0 aliphatic rings. The highest BCUT2D eigenvalue weighted by molar-refractivity contribution is 7.89. The summed E-state index contributed by atoms with van der Waals surface area (Å²) >= 11 is 5.74. The minimum absolute atomic E-state index is 0. The van der Waals surface area contributed by atoms with Gasteiger partial charge in [0.1, 0.15) is 0 Å². The second-order valence-electron chi connectivity index (χ2n) is 4.57. The topological polar surface area (TPSA) is 115 Å². The van der Waals surface area contributed by atoms with Crippen LogP contribution in [0.2, 0.25) is 5.02 Å². The van der Waals surface area contributed by atoms with Crippen molar-refractivity contribution in [2.75, 3.05) is 6.54 Å². The van der Waals surface area contributed by atoms with Crippen LogP contribution >= 0.6 is 24.0 Å². The Balaban J connectivity index is 0.00000441. The zero-order chi connectivity index (χ0) is 16.0. The van der Waals surface area contributed by atoms with Crippen molar-refractivity contribution in [1.29, 1.82) is 0 Å². The van der Waals surface area contributed by atoms with Crippen LogP contribution in [0.25, 0.3) is 0 Å². The average molecular weight is 372 g/mol. The molecular weight excluding hydrogens is 353 g/mol. The van der Waals surface area contributed by atoms with Gasteiger partial charge in [0.05, 0.1) is 4.92 Å². The monoisotopic (exact) mass is 371 g/mol. The summed E-state index contributed by atoms with van der Waals surface area (Å²) < 4.78 is 27.0. The van der Waals surface area contributed by atoms with Gasteiger partial charge in [0.25, 0.3) is 5.69 Å². The molecule has 22 heavy (non-hydrogen) atoms.